The summed E-state index contributed by atoms with van der Waals surface area (Å²) < 4.78 is 5.77. The fraction of sp³-hybridized carbons (Fsp3) is 0.368. The first-order valence-corrected chi connectivity index (χ1v) is 8.44. The first kappa shape index (κ1) is 20.2. The number of hydrogen-bond donors (Lipinski definition) is 3. The molecule has 0 saturated heterocycles. The molecule has 0 spiro atoms. The minimum absolute atomic E-state index is 0. The molecule has 140 valence electrons. The zero-order valence-electron chi connectivity index (χ0n) is 14.7. The standard InChI is InChI=1S/C19H23N3O3.ClH/c1-13-8-14(11-20)9-17(22-13)25-16-5-2-4-15(10-16)18(23)21-12-19(24)6-3-7-19;/h2,4-5,8-10,24H,3,6-7,11-12,20H2,1H3,(H,21,23);1H. The molecule has 7 heteroatoms. The number of amides is 1. The van der Waals surface area contributed by atoms with Gasteiger partial charge in [0, 0.05) is 30.4 Å². The number of ether oxygens (including phenoxy) is 1. The van der Waals surface area contributed by atoms with Gasteiger partial charge in [-0.3, -0.25) is 4.79 Å². The van der Waals surface area contributed by atoms with E-state index in [2.05, 4.69) is 10.3 Å². The van der Waals surface area contributed by atoms with Crippen molar-refractivity contribution in [1.82, 2.24) is 10.3 Å². The molecule has 1 aliphatic rings. The second kappa shape index (κ2) is 8.49. The number of rotatable bonds is 6. The summed E-state index contributed by atoms with van der Waals surface area (Å²) in [5, 5.41) is 12.9. The van der Waals surface area contributed by atoms with Crippen molar-refractivity contribution in [2.45, 2.75) is 38.3 Å². The SMILES string of the molecule is Cc1cc(CN)cc(Oc2cccc(C(=O)NCC3(O)CCC3)c2)n1.Cl. The predicted octanol–water partition coefficient (Wildman–Crippen LogP) is 2.71. The Morgan fingerprint density at radius 3 is 2.77 bits per heavy atom. The third-order valence-electron chi connectivity index (χ3n) is 4.41. The molecular formula is C19H24ClN3O3. The molecule has 0 atom stereocenters. The molecule has 2 aromatic rings. The van der Waals surface area contributed by atoms with Gasteiger partial charge in [0.2, 0.25) is 5.88 Å². The molecule has 1 aliphatic carbocycles. The number of pyridine rings is 1. The van der Waals surface area contributed by atoms with E-state index in [1.54, 1.807) is 30.3 Å². The summed E-state index contributed by atoms with van der Waals surface area (Å²) in [5.41, 5.74) is 7.16. The molecule has 4 N–H and O–H groups in total. The highest BCUT2D eigenvalue weighted by molar-refractivity contribution is 5.94. The maximum atomic E-state index is 12.3. The van der Waals surface area contributed by atoms with Crippen LogP contribution in [0.2, 0.25) is 0 Å². The number of aryl methyl sites for hydroxylation is 1. The lowest BCUT2D eigenvalue weighted by molar-refractivity contribution is -0.0300. The molecule has 0 aliphatic heterocycles. The average Bonchev–Trinajstić information content (AvgIpc) is 2.57. The number of carbonyl (C=O) groups is 1. The molecule has 0 radical (unpaired) electrons. The van der Waals surface area contributed by atoms with Crippen LogP contribution in [-0.2, 0) is 6.54 Å². The van der Waals surface area contributed by atoms with Crippen molar-refractivity contribution >= 4 is 18.3 Å². The number of hydrogen-bond acceptors (Lipinski definition) is 5. The number of nitrogens with two attached hydrogens (primary N) is 1. The quantitative estimate of drug-likeness (QED) is 0.719. The Balaban J connectivity index is 0.00000243. The van der Waals surface area contributed by atoms with E-state index in [4.69, 9.17) is 10.5 Å². The first-order valence-electron chi connectivity index (χ1n) is 8.44. The van der Waals surface area contributed by atoms with Crippen LogP contribution in [0.15, 0.2) is 36.4 Å². The summed E-state index contributed by atoms with van der Waals surface area (Å²) in [7, 11) is 0. The zero-order valence-corrected chi connectivity index (χ0v) is 15.5. The van der Waals surface area contributed by atoms with Gasteiger partial charge < -0.3 is 20.9 Å². The van der Waals surface area contributed by atoms with Gasteiger partial charge in [-0.1, -0.05) is 6.07 Å². The van der Waals surface area contributed by atoms with E-state index in [0.717, 1.165) is 30.5 Å². The highest BCUT2D eigenvalue weighted by Gasteiger charge is 2.34. The van der Waals surface area contributed by atoms with Crippen LogP contribution >= 0.6 is 12.4 Å². The van der Waals surface area contributed by atoms with Crippen LogP contribution in [0.5, 0.6) is 11.6 Å². The predicted molar refractivity (Wildman–Crippen MR) is 102 cm³/mol. The summed E-state index contributed by atoms with van der Waals surface area (Å²) in [6, 6.07) is 10.6. The smallest absolute Gasteiger partial charge is 0.251 e. The van der Waals surface area contributed by atoms with Gasteiger partial charge in [-0.25, -0.2) is 4.98 Å². The number of aromatic nitrogens is 1. The molecule has 0 unspecified atom stereocenters. The summed E-state index contributed by atoms with van der Waals surface area (Å²) in [5.74, 6) is 0.739. The van der Waals surface area contributed by atoms with Gasteiger partial charge in [0.15, 0.2) is 0 Å². The van der Waals surface area contributed by atoms with Gasteiger partial charge >= 0.3 is 0 Å². The van der Waals surface area contributed by atoms with E-state index in [9.17, 15) is 9.90 Å². The van der Waals surface area contributed by atoms with Gasteiger partial charge in [-0.15, -0.1) is 12.4 Å². The van der Waals surface area contributed by atoms with Crippen LogP contribution in [0.1, 0.15) is 40.9 Å². The van der Waals surface area contributed by atoms with Gasteiger partial charge in [-0.2, -0.15) is 0 Å². The van der Waals surface area contributed by atoms with Crippen molar-refractivity contribution < 1.29 is 14.6 Å². The number of aliphatic hydroxyl groups is 1. The van der Waals surface area contributed by atoms with E-state index in [-0.39, 0.29) is 24.9 Å². The van der Waals surface area contributed by atoms with E-state index in [0.29, 0.717) is 23.7 Å². The van der Waals surface area contributed by atoms with E-state index in [1.165, 1.54) is 0 Å². The van der Waals surface area contributed by atoms with Crippen LogP contribution in [0.4, 0.5) is 0 Å². The minimum Gasteiger partial charge on any atom is -0.439 e. The average molecular weight is 378 g/mol. The number of nitrogens with zero attached hydrogens (tertiary/aromatic N) is 1. The van der Waals surface area contributed by atoms with E-state index < -0.39 is 5.60 Å². The van der Waals surface area contributed by atoms with Crippen LogP contribution < -0.4 is 15.8 Å². The molecule has 1 aromatic carbocycles. The number of benzene rings is 1. The lowest BCUT2D eigenvalue weighted by atomic mass is 9.80. The maximum Gasteiger partial charge on any atom is 0.251 e. The molecule has 6 nitrogen and oxygen atoms in total. The zero-order chi connectivity index (χ0) is 17.9. The number of nitrogens with one attached hydrogen (secondary N) is 1. The molecule has 1 amide bonds. The van der Waals surface area contributed by atoms with Crippen molar-refractivity contribution in [3.05, 3.63) is 53.2 Å². The molecule has 1 aromatic heterocycles. The second-order valence-corrected chi connectivity index (χ2v) is 6.55. The van der Waals surface area contributed by atoms with Crippen LogP contribution in [0.25, 0.3) is 0 Å². The Bertz CT molecular complexity index is 778. The summed E-state index contributed by atoms with van der Waals surface area (Å²) in [6.07, 6.45) is 2.47. The molecule has 1 saturated carbocycles. The summed E-state index contributed by atoms with van der Waals surface area (Å²) >= 11 is 0. The molecule has 26 heavy (non-hydrogen) atoms. The second-order valence-electron chi connectivity index (χ2n) is 6.55. The van der Waals surface area contributed by atoms with E-state index >= 15 is 0 Å². The first-order chi connectivity index (χ1) is 12.0. The Labute approximate surface area is 159 Å². The third kappa shape index (κ3) is 4.94. The number of halogens is 1. The van der Waals surface area contributed by atoms with Gasteiger partial charge in [0.1, 0.15) is 5.75 Å². The lowest BCUT2D eigenvalue weighted by Gasteiger charge is -2.36. The Hall–Kier alpha value is -2.15. The molecule has 0 bridgehead atoms. The van der Waals surface area contributed by atoms with Crippen molar-refractivity contribution in [2.24, 2.45) is 5.73 Å². The normalized spacial score (nSPS) is 14.7. The van der Waals surface area contributed by atoms with Crippen molar-refractivity contribution in [3.8, 4) is 11.6 Å². The minimum atomic E-state index is -0.742. The molecule has 1 heterocycles. The Morgan fingerprint density at radius 1 is 1.35 bits per heavy atom. The highest BCUT2D eigenvalue weighted by Crippen LogP contribution is 2.30. The van der Waals surface area contributed by atoms with Crippen LogP contribution in [-0.4, -0.2) is 28.1 Å². The monoisotopic (exact) mass is 377 g/mol. The van der Waals surface area contributed by atoms with Crippen molar-refractivity contribution in [2.75, 3.05) is 6.54 Å². The molecule has 3 rings (SSSR count). The fourth-order valence-corrected chi connectivity index (χ4v) is 2.81. The fourth-order valence-electron chi connectivity index (χ4n) is 2.81. The largest absolute Gasteiger partial charge is 0.439 e. The Kier molecular flexibility index (Phi) is 6.58. The summed E-state index contributed by atoms with van der Waals surface area (Å²) in [4.78, 5) is 16.6. The van der Waals surface area contributed by atoms with Crippen LogP contribution in [0.3, 0.4) is 0 Å². The molecule has 1 fully saturated rings. The van der Waals surface area contributed by atoms with E-state index in [1.807, 2.05) is 13.0 Å². The van der Waals surface area contributed by atoms with Crippen molar-refractivity contribution in [1.29, 1.82) is 0 Å². The highest BCUT2D eigenvalue weighted by atomic mass is 35.5. The Morgan fingerprint density at radius 2 is 2.12 bits per heavy atom. The van der Waals surface area contributed by atoms with Crippen molar-refractivity contribution in [3.63, 3.8) is 0 Å². The van der Waals surface area contributed by atoms with Gasteiger partial charge in [0.05, 0.1) is 5.60 Å². The van der Waals surface area contributed by atoms with Gasteiger partial charge in [0.25, 0.3) is 5.91 Å². The van der Waals surface area contributed by atoms with Crippen LogP contribution in [0, 0.1) is 6.92 Å². The maximum absolute atomic E-state index is 12.3. The topological polar surface area (TPSA) is 97.5 Å². The summed E-state index contributed by atoms with van der Waals surface area (Å²) in [6.45, 7) is 2.56. The third-order valence-corrected chi connectivity index (χ3v) is 4.41. The van der Waals surface area contributed by atoms with Gasteiger partial charge in [-0.05, 0) is 56.0 Å². The number of carbonyl (C=O) groups excluding carboxylic acids is 1. The molecular weight excluding hydrogens is 354 g/mol. The lowest BCUT2D eigenvalue weighted by Crippen LogP contribution is -2.47.